The Morgan fingerprint density at radius 2 is 2.18 bits per heavy atom. The Bertz CT molecular complexity index is 162. The second kappa shape index (κ2) is 4.68. The van der Waals surface area contributed by atoms with Gasteiger partial charge in [0.05, 0.1) is 12.6 Å². The molecular formula is C6H14N4O. The van der Waals surface area contributed by atoms with Crippen LogP contribution in [0.5, 0.6) is 0 Å². The maximum atomic E-state index is 10.8. The lowest BCUT2D eigenvalue weighted by atomic mass is 10.2. The number of guanidine groups is 1. The van der Waals surface area contributed by atoms with Gasteiger partial charge in [-0.05, 0) is 14.0 Å². The van der Waals surface area contributed by atoms with Gasteiger partial charge in [0.1, 0.15) is 5.78 Å². The van der Waals surface area contributed by atoms with Crippen molar-refractivity contribution in [3.63, 3.8) is 0 Å². The highest BCUT2D eigenvalue weighted by Gasteiger charge is 2.09. The third kappa shape index (κ3) is 4.32. The van der Waals surface area contributed by atoms with Crippen molar-refractivity contribution in [3.8, 4) is 0 Å². The minimum Gasteiger partial charge on any atom is -0.370 e. The van der Waals surface area contributed by atoms with Gasteiger partial charge in [0.15, 0.2) is 5.96 Å². The van der Waals surface area contributed by atoms with Gasteiger partial charge in [0.2, 0.25) is 0 Å². The number of hydrogen-bond donors (Lipinski definition) is 3. The van der Waals surface area contributed by atoms with E-state index < -0.39 is 0 Å². The monoisotopic (exact) mass is 158 g/mol. The smallest absolute Gasteiger partial charge is 0.185 e. The van der Waals surface area contributed by atoms with E-state index in [0.29, 0.717) is 6.54 Å². The molecule has 0 bridgehead atoms. The van der Waals surface area contributed by atoms with Crippen LogP contribution in [0.2, 0.25) is 0 Å². The minimum absolute atomic E-state index is 0.00602. The molecule has 0 spiro atoms. The first-order chi connectivity index (χ1) is 5.07. The van der Waals surface area contributed by atoms with Crippen LogP contribution in [-0.2, 0) is 4.79 Å². The maximum absolute atomic E-state index is 10.8. The van der Waals surface area contributed by atoms with Crippen molar-refractivity contribution >= 4 is 11.7 Å². The number of Topliss-reactive ketones (excluding diaryl/α,β-unsaturated/α-hetero) is 1. The highest BCUT2D eigenvalue weighted by molar-refractivity contribution is 5.82. The van der Waals surface area contributed by atoms with Crippen LogP contribution in [0.25, 0.3) is 0 Å². The quantitative estimate of drug-likeness (QED) is 0.340. The van der Waals surface area contributed by atoms with E-state index >= 15 is 0 Å². The van der Waals surface area contributed by atoms with Crippen LogP contribution in [0.4, 0.5) is 0 Å². The molecule has 0 saturated heterocycles. The van der Waals surface area contributed by atoms with Crippen LogP contribution in [0.15, 0.2) is 4.99 Å². The lowest BCUT2D eigenvalue weighted by molar-refractivity contribution is -0.118. The van der Waals surface area contributed by atoms with Crippen LogP contribution in [0.1, 0.15) is 6.92 Å². The van der Waals surface area contributed by atoms with Gasteiger partial charge in [-0.1, -0.05) is 0 Å². The number of nitrogens with zero attached hydrogens (tertiary/aromatic N) is 1. The summed E-state index contributed by atoms with van der Waals surface area (Å²) >= 11 is 0. The van der Waals surface area contributed by atoms with E-state index in [-0.39, 0.29) is 17.8 Å². The third-order valence-corrected chi connectivity index (χ3v) is 1.30. The van der Waals surface area contributed by atoms with Crippen LogP contribution >= 0.6 is 0 Å². The first-order valence-corrected chi connectivity index (χ1v) is 3.31. The highest BCUT2D eigenvalue weighted by atomic mass is 16.1. The predicted molar refractivity (Wildman–Crippen MR) is 44.2 cm³/mol. The molecule has 0 aliphatic rings. The van der Waals surface area contributed by atoms with E-state index in [1.54, 1.807) is 7.05 Å². The molecular weight excluding hydrogens is 144 g/mol. The van der Waals surface area contributed by atoms with Gasteiger partial charge in [-0.2, -0.15) is 0 Å². The van der Waals surface area contributed by atoms with Gasteiger partial charge in [-0.3, -0.25) is 9.79 Å². The van der Waals surface area contributed by atoms with Gasteiger partial charge in [0.25, 0.3) is 0 Å². The van der Waals surface area contributed by atoms with Crippen molar-refractivity contribution in [3.05, 3.63) is 0 Å². The van der Waals surface area contributed by atoms with Crippen molar-refractivity contribution in [2.45, 2.75) is 13.0 Å². The molecule has 5 nitrogen and oxygen atoms in total. The molecule has 0 aromatic rings. The third-order valence-electron chi connectivity index (χ3n) is 1.30. The molecule has 0 heterocycles. The number of aliphatic imine (C=N–C) groups is 1. The summed E-state index contributed by atoms with van der Waals surface area (Å²) in [6.45, 7) is 1.79. The molecule has 0 aromatic carbocycles. The van der Waals surface area contributed by atoms with E-state index in [1.165, 1.54) is 6.92 Å². The standard InChI is InChI=1S/C6H14N4O/c1-4(11)5(9-2)3-10-6(7)8/h5,9H,3H2,1-2H3,(H4,7,8,10). The molecule has 5 heteroatoms. The Morgan fingerprint density at radius 1 is 1.64 bits per heavy atom. The number of carbonyl (C=O) groups is 1. The summed E-state index contributed by atoms with van der Waals surface area (Å²) in [4.78, 5) is 14.5. The predicted octanol–water partition coefficient (Wildman–Crippen LogP) is -1.56. The van der Waals surface area contributed by atoms with Gasteiger partial charge < -0.3 is 16.8 Å². The summed E-state index contributed by atoms with van der Waals surface area (Å²) in [5.74, 6) is 0.0315. The van der Waals surface area contributed by atoms with Crippen molar-refractivity contribution in [2.24, 2.45) is 16.5 Å². The van der Waals surface area contributed by atoms with Gasteiger partial charge >= 0.3 is 0 Å². The van der Waals surface area contributed by atoms with E-state index in [9.17, 15) is 4.79 Å². The highest BCUT2D eigenvalue weighted by Crippen LogP contribution is 1.85. The molecule has 0 fully saturated rings. The number of hydrogen-bond acceptors (Lipinski definition) is 3. The molecule has 0 saturated carbocycles. The topological polar surface area (TPSA) is 93.5 Å². The normalized spacial score (nSPS) is 12.2. The Labute approximate surface area is 65.9 Å². The number of carbonyl (C=O) groups excluding carboxylic acids is 1. The van der Waals surface area contributed by atoms with Crippen molar-refractivity contribution < 1.29 is 4.79 Å². The van der Waals surface area contributed by atoms with E-state index in [1.807, 2.05) is 0 Å². The fraction of sp³-hybridized carbons (Fsp3) is 0.667. The Kier molecular flexibility index (Phi) is 4.21. The second-order valence-electron chi connectivity index (χ2n) is 2.22. The number of nitrogens with two attached hydrogens (primary N) is 2. The van der Waals surface area contributed by atoms with E-state index in [0.717, 1.165) is 0 Å². The molecule has 64 valence electrons. The lowest BCUT2D eigenvalue weighted by Crippen LogP contribution is -2.36. The average molecular weight is 158 g/mol. The minimum atomic E-state index is -0.280. The molecule has 11 heavy (non-hydrogen) atoms. The SMILES string of the molecule is CNC(CN=C(N)N)C(C)=O. The first kappa shape index (κ1) is 9.90. The maximum Gasteiger partial charge on any atom is 0.185 e. The van der Waals surface area contributed by atoms with Crippen molar-refractivity contribution in [1.82, 2.24) is 5.32 Å². The summed E-state index contributed by atoms with van der Waals surface area (Å²) in [6.07, 6.45) is 0. The molecule has 0 aliphatic carbocycles. The molecule has 0 rings (SSSR count). The van der Waals surface area contributed by atoms with Crippen molar-refractivity contribution in [2.75, 3.05) is 13.6 Å². The summed E-state index contributed by atoms with van der Waals surface area (Å²) in [7, 11) is 1.69. The number of likely N-dealkylation sites (N-methyl/N-ethyl adjacent to an activating group) is 1. The van der Waals surface area contributed by atoms with Crippen LogP contribution in [0.3, 0.4) is 0 Å². The van der Waals surface area contributed by atoms with Crippen LogP contribution in [-0.4, -0.2) is 31.4 Å². The Balaban J connectivity index is 3.89. The van der Waals surface area contributed by atoms with E-state index in [4.69, 9.17) is 11.5 Å². The van der Waals surface area contributed by atoms with Gasteiger partial charge in [-0.25, -0.2) is 0 Å². The van der Waals surface area contributed by atoms with E-state index in [2.05, 4.69) is 10.3 Å². The molecule has 5 N–H and O–H groups in total. The zero-order valence-electron chi connectivity index (χ0n) is 6.79. The number of ketones is 1. The van der Waals surface area contributed by atoms with Crippen molar-refractivity contribution in [1.29, 1.82) is 0 Å². The van der Waals surface area contributed by atoms with Gasteiger partial charge in [-0.15, -0.1) is 0 Å². The molecule has 0 aliphatic heterocycles. The fourth-order valence-electron chi connectivity index (χ4n) is 0.620. The molecule has 1 atom stereocenters. The molecule has 1 unspecified atom stereocenters. The Morgan fingerprint density at radius 3 is 2.45 bits per heavy atom. The summed E-state index contributed by atoms with van der Waals surface area (Å²) in [5, 5.41) is 2.79. The average Bonchev–Trinajstić information content (AvgIpc) is 1.87. The molecule has 0 radical (unpaired) electrons. The number of rotatable bonds is 4. The largest absolute Gasteiger partial charge is 0.370 e. The lowest BCUT2D eigenvalue weighted by Gasteiger charge is -2.08. The Hall–Kier alpha value is -1.10. The van der Waals surface area contributed by atoms with Gasteiger partial charge in [0, 0.05) is 0 Å². The zero-order chi connectivity index (χ0) is 8.85. The molecule has 0 aromatic heterocycles. The summed E-state index contributed by atoms with van der Waals surface area (Å²) in [6, 6.07) is -0.280. The number of nitrogens with one attached hydrogen (secondary N) is 1. The summed E-state index contributed by atoms with van der Waals surface area (Å²) < 4.78 is 0. The fourth-order valence-corrected chi connectivity index (χ4v) is 0.620. The van der Waals surface area contributed by atoms with Crippen LogP contribution in [0, 0.1) is 0 Å². The summed E-state index contributed by atoms with van der Waals surface area (Å²) in [5.41, 5.74) is 10.2. The molecule has 0 amide bonds. The first-order valence-electron chi connectivity index (χ1n) is 3.31. The second-order valence-corrected chi connectivity index (χ2v) is 2.22. The zero-order valence-corrected chi connectivity index (χ0v) is 6.79. The van der Waals surface area contributed by atoms with Crippen LogP contribution < -0.4 is 16.8 Å².